The van der Waals surface area contributed by atoms with Gasteiger partial charge in [-0.2, -0.15) is 0 Å². The van der Waals surface area contributed by atoms with E-state index in [0.717, 1.165) is 89.9 Å². The van der Waals surface area contributed by atoms with Crippen molar-refractivity contribution in [3.63, 3.8) is 0 Å². The summed E-state index contributed by atoms with van der Waals surface area (Å²) in [5, 5.41) is 11.8. The van der Waals surface area contributed by atoms with E-state index in [1.165, 1.54) is 128 Å². The molecule has 9 heteroatoms. The molecule has 2 unspecified atom stereocenters. The molecule has 2 atom stereocenters. The van der Waals surface area contributed by atoms with Crippen LogP contribution in [0.2, 0.25) is 0 Å². The molecule has 0 aliphatic heterocycles. The Hall–Kier alpha value is -3.53. The van der Waals surface area contributed by atoms with E-state index in [4.69, 9.17) is 18.9 Å². The number of carbonyl (C=O) groups is 3. The number of esters is 2. The molecule has 426 valence electrons. The van der Waals surface area contributed by atoms with E-state index in [1.807, 2.05) is 21.1 Å². The Labute approximate surface area is 455 Å². The number of unbranched alkanes of at least 4 members (excludes halogenated alkanes) is 26. The Balaban J connectivity index is 4.18. The van der Waals surface area contributed by atoms with Gasteiger partial charge in [-0.1, -0.05) is 253 Å². The summed E-state index contributed by atoms with van der Waals surface area (Å²) in [6.45, 7) is 4.65. The SMILES string of the molecule is CC/C=C\C/C=C\C/C=C\C/C=C\C/C=C\C/C=C\C/C=C\CCCCCCCCCCCCCC(=O)OC(COC(=O)CCCCCCCCCCCCCCCCCC)COC(OCC[N+](C)(C)C)C(=O)[O-]. The van der Waals surface area contributed by atoms with Crippen molar-refractivity contribution in [3.8, 4) is 0 Å². The van der Waals surface area contributed by atoms with Gasteiger partial charge in [0.1, 0.15) is 13.2 Å². The van der Waals surface area contributed by atoms with Crippen molar-refractivity contribution in [2.24, 2.45) is 0 Å². The predicted octanol–water partition coefficient (Wildman–Crippen LogP) is 16.6. The topological polar surface area (TPSA) is 111 Å². The Kier molecular flexibility index (Phi) is 53.0. The first-order valence-electron chi connectivity index (χ1n) is 30.2. The lowest BCUT2D eigenvalue weighted by molar-refractivity contribution is -0.870. The van der Waals surface area contributed by atoms with Gasteiger partial charge < -0.3 is 33.3 Å². The van der Waals surface area contributed by atoms with Gasteiger partial charge in [-0.25, -0.2) is 0 Å². The molecule has 0 fully saturated rings. The number of allylic oxidation sites excluding steroid dienone is 14. The van der Waals surface area contributed by atoms with E-state index >= 15 is 0 Å². The van der Waals surface area contributed by atoms with E-state index < -0.39 is 24.3 Å². The van der Waals surface area contributed by atoms with Crippen LogP contribution >= 0.6 is 0 Å². The molecule has 9 nitrogen and oxygen atoms in total. The lowest BCUT2D eigenvalue weighted by Crippen LogP contribution is -2.44. The van der Waals surface area contributed by atoms with E-state index in [2.05, 4.69) is 98.9 Å². The van der Waals surface area contributed by atoms with Gasteiger partial charge in [0.2, 0.25) is 0 Å². The second-order valence-corrected chi connectivity index (χ2v) is 21.3. The first-order chi connectivity index (χ1) is 36.1. The number of carboxylic acids is 1. The third-order valence-corrected chi connectivity index (χ3v) is 12.9. The van der Waals surface area contributed by atoms with E-state index in [0.29, 0.717) is 23.9 Å². The van der Waals surface area contributed by atoms with E-state index in [1.54, 1.807) is 0 Å². The van der Waals surface area contributed by atoms with Gasteiger partial charge in [0.25, 0.3) is 0 Å². The molecule has 0 rings (SSSR count). The summed E-state index contributed by atoms with van der Waals surface area (Å²) in [5.41, 5.74) is 0. The van der Waals surface area contributed by atoms with E-state index in [9.17, 15) is 19.5 Å². The number of rotatable bonds is 55. The highest BCUT2D eigenvalue weighted by Gasteiger charge is 2.22. The van der Waals surface area contributed by atoms with Crippen LogP contribution in [0.3, 0.4) is 0 Å². The van der Waals surface area contributed by atoms with Crippen LogP contribution in [0.15, 0.2) is 85.1 Å². The lowest BCUT2D eigenvalue weighted by Gasteiger charge is -2.26. The highest BCUT2D eigenvalue weighted by Crippen LogP contribution is 2.16. The smallest absolute Gasteiger partial charge is 0.306 e. The lowest BCUT2D eigenvalue weighted by atomic mass is 10.0. The molecule has 0 spiro atoms. The summed E-state index contributed by atoms with van der Waals surface area (Å²) in [4.78, 5) is 37.3. The fourth-order valence-corrected chi connectivity index (χ4v) is 8.28. The molecule has 0 amide bonds. The van der Waals surface area contributed by atoms with Crippen molar-refractivity contribution in [1.29, 1.82) is 0 Å². The van der Waals surface area contributed by atoms with Gasteiger partial charge in [-0.3, -0.25) is 9.59 Å². The molecule has 0 aromatic rings. The number of hydrogen-bond acceptors (Lipinski definition) is 8. The minimum atomic E-state index is -1.62. The van der Waals surface area contributed by atoms with Gasteiger partial charge in [-0.05, 0) is 70.6 Å². The first kappa shape index (κ1) is 70.5. The normalized spacial score (nSPS) is 13.4. The van der Waals surface area contributed by atoms with Crippen molar-refractivity contribution in [2.45, 2.75) is 264 Å². The molecule has 0 radical (unpaired) electrons. The largest absolute Gasteiger partial charge is 0.545 e. The van der Waals surface area contributed by atoms with Gasteiger partial charge >= 0.3 is 11.9 Å². The molecule has 0 aliphatic rings. The van der Waals surface area contributed by atoms with Crippen LogP contribution in [0, 0.1) is 0 Å². The summed E-state index contributed by atoms with van der Waals surface area (Å²) >= 11 is 0. The van der Waals surface area contributed by atoms with Crippen molar-refractivity contribution in [3.05, 3.63) is 85.1 Å². The zero-order chi connectivity index (χ0) is 54.1. The third-order valence-electron chi connectivity index (χ3n) is 12.9. The number of nitrogens with zero attached hydrogens (tertiary/aromatic N) is 1. The number of carboxylic acid groups (broad SMARTS) is 1. The van der Waals surface area contributed by atoms with Gasteiger partial charge in [-0.15, -0.1) is 0 Å². The van der Waals surface area contributed by atoms with Crippen LogP contribution in [-0.2, 0) is 33.3 Å². The average molecular weight is 1040 g/mol. The fraction of sp³-hybridized carbons (Fsp3) is 0.738. The number of quaternary nitrogens is 1. The monoisotopic (exact) mass is 1040 g/mol. The number of carbonyl (C=O) groups excluding carboxylic acids is 3. The second-order valence-electron chi connectivity index (χ2n) is 21.3. The minimum absolute atomic E-state index is 0.145. The number of aliphatic carboxylic acids is 1. The summed E-state index contributed by atoms with van der Waals surface area (Å²) in [5.74, 6) is -2.28. The molecule has 0 aromatic heterocycles. The molecule has 0 saturated carbocycles. The average Bonchev–Trinajstić information content (AvgIpc) is 3.37. The quantitative estimate of drug-likeness (QED) is 0.0195. The zero-order valence-corrected chi connectivity index (χ0v) is 48.4. The van der Waals surface area contributed by atoms with Crippen molar-refractivity contribution in [1.82, 2.24) is 0 Å². The molecular weight excluding hydrogens is 923 g/mol. The maximum absolute atomic E-state index is 12.9. The summed E-state index contributed by atoms with van der Waals surface area (Å²) < 4.78 is 22.7. The van der Waals surface area contributed by atoms with Crippen LogP contribution < -0.4 is 5.11 Å². The van der Waals surface area contributed by atoms with Crippen molar-refractivity contribution < 1.29 is 42.9 Å². The maximum Gasteiger partial charge on any atom is 0.306 e. The Morgan fingerprint density at radius 3 is 1.15 bits per heavy atom. The van der Waals surface area contributed by atoms with Gasteiger partial charge in [0.05, 0.1) is 40.3 Å². The molecule has 0 aliphatic carbocycles. The second kappa shape index (κ2) is 55.7. The minimum Gasteiger partial charge on any atom is -0.545 e. The van der Waals surface area contributed by atoms with Gasteiger partial charge in [0.15, 0.2) is 12.4 Å². The van der Waals surface area contributed by atoms with Gasteiger partial charge in [0, 0.05) is 12.8 Å². The van der Waals surface area contributed by atoms with E-state index in [-0.39, 0.29) is 32.2 Å². The maximum atomic E-state index is 12.9. The fourth-order valence-electron chi connectivity index (χ4n) is 8.28. The number of likely N-dealkylation sites (N-methyl/N-ethyl adjacent to an activating group) is 1. The first-order valence-corrected chi connectivity index (χ1v) is 30.2. The summed E-state index contributed by atoms with van der Waals surface area (Å²) in [6.07, 6.45) is 70.6. The summed E-state index contributed by atoms with van der Waals surface area (Å²) in [7, 11) is 5.92. The van der Waals surface area contributed by atoms with Crippen molar-refractivity contribution in [2.75, 3.05) is 47.5 Å². The molecular formula is C65H113NO8. The van der Waals surface area contributed by atoms with Crippen molar-refractivity contribution >= 4 is 17.9 Å². The molecule has 0 bridgehead atoms. The molecule has 0 N–H and O–H groups in total. The summed E-state index contributed by atoms with van der Waals surface area (Å²) in [6, 6.07) is 0. The highest BCUT2D eigenvalue weighted by atomic mass is 16.7. The Bertz CT molecular complexity index is 1490. The standard InChI is InChI=1S/C65H113NO8/c1-6-8-10-12-14-16-18-20-22-24-25-26-27-28-29-30-31-32-33-34-35-36-37-38-39-40-42-44-46-48-50-52-54-56-63(68)74-61(60-73-65(64(69)70)71-58-57-66(3,4)5)59-72-62(67)55-53-51-49-47-45-43-41-23-21-19-17-15-13-11-9-7-2/h8,10,14,16,20,22,25-26,28-29,31-32,34-35,61,65H,6-7,9,11-13,15,17-19,21,23-24,27,30,33,36-60H2,1-5H3/b10-8-,16-14-,22-20-,26-25-,29-28-,32-31-,35-34-. The van der Waals surface area contributed by atoms with Crippen LogP contribution in [0.4, 0.5) is 0 Å². The molecule has 0 saturated heterocycles. The zero-order valence-electron chi connectivity index (χ0n) is 48.4. The Morgan fingerprint density at radius 2 is 0.770 bits per heavy atom. The van der Waals surface area contributed by atoms with Crippen LogP contribution in [0.5, 0.6) is 0 Å². The third kappa shape index (κ3) is 56.2. The van der Waals surface area contributed by atoms with Crippen LogP contribution in [0.25, 0.3) is 0 Å². The molecule has 0 aromatic carbocycles. The predicted molar refractivity (Wildman–Crippen MR) is 311 cm³/mol. The molecule has 0 heterocycles. The molecule has 74 heavy (non-hydrogen) atoms. The Morgan fingerprint density at radius 1 is 0.419 bits per heavy atom. The van der Waals surface area contributed by atoms with Crippen LogP contribution in [0.1, 0.15) is 251 Å². The highest BCUT2D eigenvalue weighted by molar-refractivity contribution is 5.70. The number of ether oxygens (including phenoxy) is 4. The van der Waals surface area contributed by atoms with Crippen LogP contribution in [-0.4, -0.2) is 82.3 Å². The number of hydrogen-bond donors (Lipinski definition) is 0.